The van der Waals surface area contributed by atoms with Gasteiger partial charge < -0.3 is 28.5 Å². The van der Waals surface area contributed by atoms with E-state index in [2.05, 4.69) is 38.2 Å². The predicted octanol–water partition coefficient (Wildman–Crippen LogP) is 18.7. The number of carboxylic acid groups (broad SMARTS) is 1. The molecule has 0 aromatic rings. The van der Waals surface area contributed by atoms with Crippen molar-refractivity contribution in [3.05, 3.63) is 24.3 Å². The van der Waals surface area contributed by atoms with Gasteiger partial charge in [-0.3, -0.25) is 9.59 Å². The number of nitrogens with zero attached hydrogens (tertiary/aromatic N) is 1. The summed E-state index contributed by atoms with van der Waals surface area (Å²) in [5, 5.41) is 9.68. The van der Waals surface area contributed by atoms with Crippen LogP contribution in [0.3, 0.4) is 0 Å². The van der Waals surface area contributed by atoms with Crippen LogP contribution < -0.4 is 0 Å². The molecular weight excluding hydrogens is 911 g/mol. The fraction of sp³-hybridized carbons (Fsp3) is 0.891. The summed E-state index contributed by atoms with van der Waals surface area (Å²) >= 11 is 0. The summed E-state index contributed by atoms with van der Waals surface area (Å²) in [6, 6.07) is 0. The number of hydrogen-bond acceptors (Lipinski definition) is 7. The number of allylic oxidation sites excluding steroid dienone is 4. The second kappa shape index (κ2) is 56.0. The third-order valence-corrected chi connectivity index (χ3v) is 14.2. The first-order valence-electron chi connectivity index (χ1n) is 31.5. The largest absolute Gasteiger partial charge is 0.477 e. The first-order chi connectivity index (χ1) is 35.6. The van der Waals surface area contributed by atoms with Crippen molar-refractivity contribution in [2.45, 2.75) is 322 Å². The maximum atomic E-state index is 12.9. The zero-order valence-electron chi connectivity index (χ0n) is 49.1. The van der Waals surface area contributed by atoms with Gasteiger partial charge in [0.2, 0.25) is 0 Å². The summed E-state index contributed by atoms with van der Waals surface area (Å²) in [4.78, 5) is 37.3. The minimum atomic E-state index is -1.50. The molecule has 0 heterocycles. The second-order valence-electron chi connectivity index (χ2n) is 22.7. The molecule has 0 saturated heterocycles. The Hall–Kier alpha value is -2.23. The van der Waals surface area contributed by atoms with Gasteiger partial charge in [0.1, 0.15) is 13.2 Å². The Morgan fingerprint density at radius 1 is 0.411 bits per heavy atom. The molecule has 1 N–H and O–H groups in total. The number of aliphatic carboxylic acids is 1. The topological polar surface area (TPSA) is 108 Å². The van der Waals surface area contributed by atoms with E-state index in [-0.39, 0.29) is 38.2 Å². The summed E-state index contributed by atoms with van der Waals surface area (Å²) in [5.41, 5.74) is 0. The van der Waals surface area contributed by atoms with Crippen molar-refractivity contribution in [3.63, 3.8) is 0 Å². The standard InChI is InChI=1S/C64H121NO8/c1-6-8-10-12-14-16-18-19-20-21-22-23-24-25-26-27-28-29-30-31-32-33-34-35-36-37-38-39-40-41-42-43-45-47-49-51-53-55-62(67)73-60(59-72-64(63(68)69)70-57-56-65(3,4)5)58-71-61(66)54-52-50-48-46-44-17-15-13-11-9-7-2/h18-19,21-22,60,64H,6-17,20,23-59H2,1-5H3/p+1/b19-18-,22-21-. The molecule has 9 nitrogen and oxygen atoms in total. The first-order valence-corrected chi connectivity index (χ1v) is 31.5. The number of unbranched alkanes of at least 4 members (excludes halogenated alkanes) is 40. The van der Waals surface area contributed by atoms with Crippen LogP contribution in [0.5, 0.6) is 0 Å². The Balaban J connectivity index is 3.91. The van der Waals surface area contributed by atoms with Gasteiger partial charge in [0.05, 0.1) is 34.4 Å². The molecule has 2 unspecified atom stereocenters. The van der Waals surface area contributed by atoms with Crippen LogP contribution in [0.15, 0.2) is 24.3 Å². The summed E-state index contributed by atoms with van der Waals surface area (Å²) in [7, 11) is 5.98. The van der Waals surface area contributed by atoms with Gasteiger partial charge in [-0.25, -0.2) is 4.79 Å². The van der Waals surface area contributed by atoms with Crippen LogP contribution in [0.2, 0.25) is 0 Å². The lowest BCUT2D eigenvalue weighted by molar-refractivity contribution is -0.870. The molecule has 0 aromatic carbocycles. The average molecular weight is 1030 g/mol. The maximum absolute atomic E-state index is 12.9. The number of carbonyl (C=O) groups is 3. The highest BCUT2D eigenvalue weighted by atomic mass is 16.7. The van der Waals surface area contributed by atoms with Crippen LogP contribution in [0.1, 0.15) is 309 Å². The molecule has 0 spiro atoms. The number of likely N-dealkylation sites (N-methyl/N-ethyl adjacent to an activating group) is 1. The minimum Gasteiger partial charge on any atom is -0.477 e. The highest BCUT2D eigenvalue weighted by molar-refractivity contribution is 5.71. The van der Waals surface area contributed by atoms with Crippen molar-refractivity contribution in [1.29, 1.82) is 0 Å². The van der Waals surface area contributed by atoms with E-state index in [0.717, 1.165) is 44.9 Å². The molecule has 0 aliphatic rings. The highest BCUT2D eigenvalue weighted by Gasteiger charge is 2.25. The van der Waals surface area contributed by atoms with Gasteiger partial charge in [-0.1, -0.05) is 276 Å². The summed E-state index contributed by atoms with van der Waals surface area (Å²) < 4.78 is 22.9. The Kier molecular flexibility index (Phi) is 54.3. The summed E-state index contributed by atoms with van der Waals surface area (Å²) in [6.07, 6.45) is 64.4. The Bertz CT molecular complexity index is 1250. The lowest BCUT2D eigenvalue weighted by Gasteiger charge is -2.25. The smallest absolute Gasteiger partial charge is 0.361 e. The molecule has 0 fully saturated rings. The van der Waals surface area contributed by atoms with Gasteiger partial charge >= 0.3 is 17.9 Å². The highest BCUT2D eigenvalue weighted by Crippen LogP contribution is 2.18. The number of esters is 2. The number of carbonyl (C=O) groups excluding carboxylic acids is 2. The van der Waals surface area contributed by atoms with Crippen LogP contribution in [-0.4, -0.2) is 87.4 Å². The van der Waals surface area contributed by atoms with Gasteiger partial charge in [-0.2, -0.15) is 0 Å². The molecule has 9 heteroatoms. The van der Waals surface area contributed by atoms with E-state index < -0.39 is 18.4 Å². The minimum absolute atomic E-state index is 0.175. The van der Waals surface area contributed by atoms with E-state index in [1.807, 2.05) is 21.1 Å². The first kappa shape index (κ1) is 70.8. The van der Waals surface area contributed by atoms with E-state index in [1.54, 1.807) is 0 Å². The van der Waals surface area contributed by atoms with Crippen LogP contribution in [-0.2, 0) is 33.3 Å². The van der Waals surface area contributed by atoms with E-state index >= 15 is 0 Å². The molecular formula is C64H122NO8+. The van der Waals surface area contributed by atoms with Crippen molar-refractivity contribution < 1.29 is 42.9 Å². The fourth-order valence-corrected chi connectivity index (χ4v) is 9.34. The quantitative estimate of drug-likeness (QED) is 0.0211. The molecule has 0 bridgehead atoms. The molecule has 430 valence electrons. The molecule has 0 aromatic heterocycles. The van der Waals surface area contributed by atoms with Crippen molar-refractivity contribution in [2.24, 2.45) is 0 Å². The molecule has 0 rings (SSSR count). The van der Waals surface area contributed by atoms with Crippen molar-refractivity contribution in [1.82, 2.24) is 0 Å². The Morgan fingerprint density at radius 2 is 0.740 bits per heavy atom. The van der Waals surface area contributed by atoms with E-state index in [4.69, 9.17) is 18.9 Å². The van der Waals surface area contributed by atoms with Crippen molar-refractivity contribution in [2.75, 3.05) is 47.5 Å². The Labute approximate surface area is 452 Å². The molecule has 2 atom stereocenters. The average Bonchev–Trinajstić information content (AvgIpc) is 3.36. The predicted molar refractivity (Wildman–Crippen MR) is 309 cm³/mol. The van der Waals surface area contributed by atoms with E-state index in [0.29, 0.717) is 17.4 Å². The lowest BCUT2D eigenvalue weighted by Crippen LogP contribution is -2.40. The third-order valence-electron chi connectivity index (χ3n) is 14.2. The fourth-order valence-electron chi connectivity index (χ4n) is 9.34. The Morgan fingerprint density at radius 3 is 1.08 bits per heavy atom. The second-order valence-corrected chi connectivity index (χ2v) is 22.7. The lowest BCUT2D eigenvalue weighted by atomic mass is 10.0. The monoisotopic (exact) mass is 1030 g/mol. The van der Waals surface area contributed by atoms with Gasteiger partial charge in [0, 0.05) is 12.8 Å². The summed E-state index contributed by atoms with van der Waals surface area (Å²) in [5.74, 6) is -1.98. The zero-order chi connectivity index (χ0) is 53.4. The SMILES string of the molecule is CCCCCCC/C=C\C/C=C\CCCCCCCCCCCCCCCCCCCCCCCCCCCC(=O)OC(COC(=O)CCCCCCCCCCCCC)COC(OCC[N+](C)(C)C)C(=O)O. The van der Waals surface area contributed by atoms with Gasteiger partial charge in [-0.05, 0) is 44.9 Å². The van der Waals surface area contributed by atoms with Crippen LogP contribution in [0.4, 0.5) is 0 Å². The van der Waals surface area contributed by atoms with Crippen molar-refractivity contribution in [3.8, 4) is 0 Å². The van der Waals surface area contributed by atoms with Gasteiger partial charge in [-0.15, -0.1) is 0 Å². The zero-order valence-corrected chi connectivity index (χ0v) is 49.1. The molecule has 0 amide bonds. The summed E-state index contributed by atoms with van der Waals surface area (Å²) in [6.45, 7) is 4.90. The van der Waals surface area contributed by atoms with Crippen molar-refractivity contribution >= 4 is 17.9 Å². The number of quaternary nitrogens is 1. The number of hydrogen-bond donors (Lipinski definition) is 1. The molecule has 73 heavy (non-hydrogen) atoms. The van der Waals surface area contributed by atoms with Crippen LogP contribution in [0.25, 0.3) is 0 Å². The van der Waals surface area contributed by atoms with Crippen LogP contribution >= 0.6 is 0 Å². The molecule has 0 radical (unpaired) electrons. The van der Waals surface area contributed by atoms with E-state index in [1.165, 1.54) is 238 Å². The maximum Gasteiger partial charge on any atom is 0.361 e. The number of ether oxygens (including phenoxy) is 4. The number of carboxylic acids is 1. The molecule has 0 aliphatic heterocycles. The normalized spacial score (nSPS) is 12.8. The van der Waals surface area contributed by atoms with Gasteiger partial charge in [0.25, 0.3) is 6.29 Å². The van der Waals surface area contributed by atoms with Gasteiger partial charge in [0.15, 0.2) is 6.10 Å². The van der Waals surface area contributed by atoms with Crippen LogP contribution in [0, 0.1) is 0 Å². The number of rotatable bonds is 59. The molecule has 0 aliphatic carbocycles. The van der Waals surface area contributed by atoms with E-state index in [9.17, 15) is 19.5 Å². The molecule has 0 saturated carbocycles. The third kappa shape index (κ3) is 57.3.